The van der Waals surface area contributed by atoms with Crippen LogP contribution in [-0.2, 0) is 4.79 Å². The fourth-order valence-electron chi connectivity index (χ4n) is 0.603. The molecular formula is C6H4NO3S-. The molecule has 0 aliphatic heterocycles. The van der Waals surface area contributed by atoms with E-state index < -0.39 is 11.7 Å². The quantitative estimate of drug-likeness (QED) is 0.534. The number of hydrogen-bond donors (Lipinski definition) is 1. The maximum Gasteiger partial charge on any atom is 0.355 e. The summed E-state index contributed by atoms with van der Waals surface area (Å²) in [5, 5.41) is 22.5. The number of carboxylic acids is 1. The molecule has 1 aromatic heterocycles. The predicted octanol–water partition coefficient (Wildman–Crippen LogP) is 1.12. The van der Waals surface area contributed by atoms with Crippen molar-refractivity contribution in [2.45, 2.75) is 0 Å². The molecule has 58 valence electrons. The highest BCUT2D eigenvalue weighted by Crippen LogP contribution is 2.09. The Hall–Kier alpha value is -1.36. The summed E-state index contributed by atoms with van der Waals surface area (Å²) in [5.41, 5.74) is -0.431. The van der Waals surface area contributed by atoms with E-state index in [-0.39, 0.29) is 0 Å². The Morgan fingerprint density at radius 3 is 2.82 bits per heavy atom. The van der Waals surface area contributed by atoms with Crippen molar-refractivity contribution in [1.29, 1.82) is 0 Å². The van der Waals surface area contributed by atoms with Crippen LogP contribution in [0.25, 0.3) is 0 Å². The number of carbonyl (C=O) groups is 1. The van der Waals surface area contributed by atoms with Gasteiger partial charge >= 0.3 is 5.97 Å². The van der Waals surface area contributed by atoms with Crippen molar-refractivity contribution < 1.29 is 9.90 Å². The average molecular weight is 170 g/mol. The highest BCUT2D eigenvalue weighted by atomic mass is 32.1. The second-order valence-electron chi connectivity index (χ2n) is 1.72. The lowest BCUT2D eigenvalue weighted by atomic mass is 10.3. The summed E-state index contributed by atoms with van der Waals surface area (Å²) in [7, 11) is 0. The topological polar surface area (TPSA) is 72.7 Å². The molecule has 1 aromatic rings. The van der Waals surface area contributed by atoms with Gasteiger partial charge in [-0.1, -0.05) is 6.07 Å². The summed E-state index contributed by atoms with van der Waals surface area (Å²) in [5.74, 6) is -1.29. The molecule has 0 saturated carbocycles. The first-order valence-electron chi connectivity index (χ1n) is 2.73. The Bertz CT molecular complexity index is 278. The molecule has 0 radical (unpaired) electrons. The molecule has 0 spiro atoms. The van der Waals surface area contributed by atoms with Gasteiger partial charge in [-0.25, -0.2) is 4.79 Å². The number of thiophene rings is 1. The van der Waals surface area contributed by atoms with Crippen molar-refractivity contribution in [1.82, 2.24) is 0 Å². The average Bonchev–Trinajstić information content (AvgIpc) is 2.40. The van der Waals surface area contributed by atoms with Crippen LogP contribution in [0.2, 0.25) is 0 Å². The third-order valence-corrected chi connectivity index (χ3v) is 1.93. The first-order valence-corrected chi connectivity index (χ1v) is 3.61. The molecule has 0 aliphatic rings. The lowest BCUT2D eigenvalue weighted by Crippen LogP contribution is -2.12. The van der Waals surface area contributed by atoms with E-state index in [9.17, 15) is 10.0 Å². The maximum absolute atomic E-state index is 10.3. The van der Waals surface area contributed by atoms with Crippen molar-refractivity contribution >= 4 is 23.0 Å². The standard InChI is InChI=1S/C6H5NO3S/c8-6(9)5(7-10)4-2-1-3-11-4/h1-3,10H,(H,8,9)/p-1/b7-5-. The molecule has 0 saturated heterocycles. The normalized spacial score (nSPS) is 11.5. The minimum atomic E-state index is -1.29. The molecule has 0 fully saturated rings. The Kier molecular flexibility index (Phi) is 2.22. The lowest BCUT2D eigenvalue weighted by Gasteiger charge is -1.98. The number of rotatable bonds is 2. The molecule has 1 rings (SSSR count). The van der Waals surface area contributed by atoms with Crippen LogP contribution in [-0.4, -0.2) is 16.8 Å². The van der Waals surface area contributed by atoms with Gasteiger partial charge in [0.1, 0.15) is 0 Å². The number of carboxylic acid groups (broad SMARTS) is 1. The first-order chi connectivity index (χ1) is 5.25. The van der Waals surface area contributed by atoms with Gasteiger partial charge in [0.15, 0.2) is 5.71 Å². The minimum absolute atomic E-state index is 0.382. The van der Waals surface area contributed by atoms with Crippen LogP contribution in [0.3, 0.4) is 0 Å². The van der Waals surface area contributed by atoms with Gasteiger partial charge in [-0.3, -0.25) is 0 Å². The molecule has 5 heteroatoms. The molecule has 1 heterocycles. The largest absolute Gasteiger partial charge is 0.791 e. The van der Waals surface area contributed by atoms with E-state index in [0.29, 0.717) is 4.88 Å². The van der Waals surface area contributed by atoms with Crippen LogP contribution in [0.5, 0.6) is 0 Å². The molecular weight excluding hydrogens is 166 g/mol. The summed E-state index contributed by atoms with van der Waals surface area (Å²) in [4.78, 5) is 10.7. The minimum Gasteiger partial charge on any atom is -0.791 e. The van der Waals surface area contributed by atoms with E-state index >= 15 is 0 Å². The molecule has 1 N–H and O–H groups in total. The molecule has 0 amide bonds. The molecule has 0 bridgehead atoms. The zero-order chi connectivity index (χ0) is 8.27. The predicted molar refractivity (Wildman–Crippen MR) is 41.9 cm³/mol. The summed E-state index contributed by atoms with van der Waals surface area (Å²) in [6, 6.07) is 3.20. The van der Waals surface area contributed by atoms with Crippen LogP contribution in [0, 0.1) is 5.21 Å². The summed E-state index contributed by atoms with van der Waals surface area (Å²) < 4.78 is 0. The molecule has 0 atom stereocenters. The molecule has 4 nitrogen and oxygen atoms in total. The van der Waals surface area contributed by atoms with E-state index in [0.717, 1.165) is 0 Å². The number of aliphatic carboxylic acids is 1. The second-order valence-corrected chi connectivity index (χ2v) is 2.67. The van der Waals surface area contributed by atoms with Crippen LogP contribution in [0.4, 0.5) is 0 Å². The van der Waals surface area contributed by atoms with E-state index in [1.165, 1.54) is 17.4 Å². The maximum atomic E-state index is 10.3. The highest BCUT2D eigenvalue weighted by molar-refractivity contribution is 7.13. The molecule has 0 unspecified atom stereocenters. The fraction of sp³-hybridized carbons (Fsp3) is 0. The number of nitrogens with zero attached hydrogens (tertiary/aromatic N) is 1. The van der Waals surface area contributed by atoms with Gasteiger partial charge in [0.25, 0.3) is 0 Å². The SMILES string of the molecule is O=C(O)/C(=N\[O-])c1cccs1. The van der Waals surface area contributed by atoms with Crippen LogP contribution in [0.1, 0.15) is 4.88 Å². The zero-order valence-electron chi connectivity index (χ0n) is 5.35. The smallest absolute Gasteiger partial charge is 0.355 e. The monoisotopic (exact) mass is 170 g/mol. The van der Waals surface area contributed by atoms with Gasteiger partial charge in [0, 0.05) is 0 Å². The van der Waals surface area contributed by atoms with Crippen molar-refractivity contribution in [2.24, 2.45) is 5.16 Å². The van der Waals surface area contributed by atoms with Crippen molar-refractivity contribution in [3.8, 4) is 0 Å². The Labute approximate surface area is 66.4 Å². The van der Waals surface area contributed by atoms with Gasteiger partial charge in [-0.15, -0.1) is 11.3 Å². The fourth-order valence-corrected chi connectivity index (χ4v) is 1.30. The summed E-state index contributed by atoms with van der Waals surface area (Å²) in [6.45, 7) is 0. The van der Waals surface area contributed by atoms with Crippen molar-refractivity contribution in [3.63, 3.8) is 0 Å². The van der Waals surface area contributed by atoms with E-state index in [1.807, 2.05) is 0 Å². The summed E-state index contributed by atoms with van der Waals surface area (Å²) in [6.07, 6.45) is 0. The molecule has 0 aromatic carbocycles. The summed E-state index contributed by atoms with van der Waals surface area (Å²) >= 11 is 1.17. The number of hydrogen-bond acceptors (Lipinski definition) is 4. The van der Waals surface area contributed by atoms with Gasteiger partial charge in [-0.05, 0) is 11.4 Å². The highest BCUT2D eigenvalue weighted by Gasteiger charge is 2.10. The van der Waals surface area contributed by atoms with Gasteiger partial charge in [-0.2, -0.15) is 0 Å². The van der Waals surface area contributed by atoms with Crippen molar-refractivity contribution in [2.75, 3.05) is 0 Å². The van der Waals surface area contributed by atoms with E-state index in [4.69, 9.17) is 5.11 Å². The third-order valence-electron chi connectivity index (χ3n) is 1.05. The van der Waals surface area contributed by atoms with Gasteiger partial charge in [0.2, 0.25) is 0 Å². The molecule has 0 aliphatic carbocycles. The van der Waals surface area contributed by atoms with Crippen LogP contribution >= 0.6 is 11.3 Å². The zero-order valence-corrected chi connectivity index (χ0v) is 6.17. The van der Waals surface area contributed by atoms with Crippen molar-refractivity contribution in [3.05, 3.63) is 27.6 Å². The Balaban J connectivity index is 2.99. The third kappa shape index (κ3) is 1.56. The first kappa shape index (κ1) is 7.74. The van der Waals surface area contributed by atoms with Gasteiger partial charge < -0.3 is 15.5 Å². The van der Waals surface area contributed by atoms with Crippen LogP contribution < -0.4 is 0 Å². The van der Waals surface area contributed by atoms with Crippen LogP contribution in [0.15, 0.2) is 22.7 Å². The van der Waals surface area contributed by atoms with E-state index in [2.05, 4.69) is 5.16 Å². The lowest BCUT2D eigenvalue weighted by molar-refractivity contribution is -0.129. The second kappa shape index (κ2) is 3.16. The molecule has 11 heavy (non-hydrogen) atoms. The van der Waals surface area contributed by atoms with E-state index in [1.54, 1.807) is 11.4 Å². The van der Waals surface area contributed by atoms with Gasteiger partial charge in [0.05, 0.1) is 4.88 Å². The Morgan fingerprint density at radius 1 is 1.73 bits per heavy atom. The Morgan fingerprint density at radius 2 is 2.45 bits per heavy atom.